The maximum atomic E-state index is 14.2. The van der Waals surface area contributed by atoms with E-state index in [1.807, 2.05) is 0 Å². The third-order valence-electron chi connectivity index (χ3n) is 4.61. The largest absolute Gasteiger partial charge is 0.478 e. The highest BCUT2D eigenvalue weighted by Gasteiger charge is 2.74. The molecule has 0 fully saturated rings. The fraction of sp³-hybridized carbons (Fsp3) is 0.222. The van der Waals surface area contributed by atoms with Crippen LogP contribution in [0.4, 0.5) is 13.2 Å². The van der Waals surface area contributed by atoms with Crippen molar-refractivity contribution in [3.63, 3.8) is 0 Å². The van der Waals surface area contributed by atoms with Crippen molar-refractivity contribution >= 4 is 34.9 Å². The zero-order chi connectivity index (χ0) is 22.4. The Kier molecular flexibility index (Phi) is 5.42. The third-order valence-corrected chi connectivity index (χ3v) is 5.04. The molecule has 12 heteroatoms. The molecular weight excluding hydrogens is 452 g/mol. The van der Waals surface area contributed by atoms with Gasteiger partial charge < -0.3 is 9.94 Å². The lowest BCUT2D eigenvalue weighted by Crippen LogP contribution is -2.56. The van der Waals surface area contributed by atoms with Gasteiger partial charge in [0.1, 0.15) is 0 Å². The number of carboxylic acid groups (broad SMARTS) is 1. The molecule has 0 radical (unpaired) electrons. The van der Waals surface area contributed by atoms with Gasteiger partial charge >= 0.3 is 23.8 Å². The normalized spacial score (nSPS) is 21.1. The molecule has 1 N–H and O–H groups in total. The van der Waals surface area contributed by atoms with Crippen LogP contribution in [-0.4, -0.2) is 33.9 Å². The summed E-state index contributed by atoms with van der Waals surface area (Å²) in [7, 11) is 0. The van der Waals surface area contributed by atoms with Crippen LogP contribution >= 0.6 is 23.2 Å². The summed E-state index contributed by atoms with van der Waals surface area (Å²) in [5.41, 5.74) is -4.81. The van der Waals surface area contributed by atoms with E-state index in [1.165, 1.54) is 19.1 Å². The van der Waals surface area contributed by atoms with Crippen LogP contribution in [-0.2, 0) is 10.4 Å². The van der Waals surface area contributed by atoms with Gasteiger partial charge in [-0.2, -0.15) is 13.2 Å². The molecule has 1 heterocycles. The van der Waals surface area contributed by atoms with Gasteiger partial charge in [0, 0.05) is 26.1 Å². The maximum Gasteiger partial charge on any atom is 0.443 e. The van der Waals surface area contributed by atoms with Crippen molar-refractivity contribution < 1.29 is 32.8 Å². The minimum atomic E-state index is -5.28. The highest BCUT2D eigenvalue weighted by atomic mass is 35.5. The van der Waals surface area contributed by atoms with Gasteiger partial charge in [0.25, 0.3) is 0 Å². The molecule has 1 aliphatic rings. The van der Waals surface area contributed by atoms with Crippen LogP contribution in [0.15, 0.2) is 41.6 Å². The van der Waals surface area contributed by atoms with Crippen LogP contribution in [0, 0.1) is 17.0 Å². The van der Waals surface area contributed by atoms with Gasteiger partial charge in [-0.25, -0.2) is 4.79 Å². The minimum absolute atomic E-state index is 0.0848. The summed E-state index contributed by atoms with van der Waals surface area (Å²) in [5.74, 6) is -1.26. The Morgan fingerprint density at radius 2 is 1.83 bits per heavy atom. The summed E-state index contributed by atoms with van der Waals surface area (Å²) >= 11 is 11.6. The monoisotopic (exact) mass is 462 g/mol. The SMILES string of the molecule is Cc1cc(C2=NOC(c3cc(Cl)cc(Cl)c3)(C(F)(F)F)C2[N+](=O)[O-])ccc1C(=O)O. The molecule has 2 unspecified atom stereocenters. The van der Waals surface area contributed by atoms with E-state index in [-0.39, 0.29) is 26.7 Å². The number of aryl methyl sites for hydroxylation is 1. The van der Waals surface area contributed by atoms with Gasteiger partial charge in [-0.15, -0.1) is 0 Å². The third kappa shape index (κ3) is 3.46. The molecule has 0 saturated heterocycles. The van der Waals surface area contributed by atoms with Crippen molar-refractivity contribution in [1.29, 1.82) is 0 Å². The Morgan fingerprint density at radius 3 is 2.30 bits per heavy atom. The summed E-state index contributed by atoms with van der Waals surface area (Å²) in [6.07, 6.45) is -5.28. The van der Waals surface area contributed by atoms with Crippen molar-refractivity contribution in [3.8, 4) is 0 Å². The van der Waals surface area contributed by atoms with Gasteiger partial charge in [-0.1, -0.05) is 34.4 Å². The van der Waals surface area contributed by atoms with E-state index in [1.54, 1.807) is 0 Å². The van der Waals surface area contributed by atoms with Crippen molar-refractivity contribution in [2.45, 2.75) is 24.7 Å². The lowest BCUT2D eigenvalue weighted by atomic mass is 9.82. The number of alkyl halides is 3. The average molecular weight is 463 g/mol. The Balaban J connectivity index is 2.22. The predicted molar refractivity (Wildman–Crippen MR) is 101 cm³/mol. The van der Waals surface area contributed by atoms with E-state index >= 15 is 0 Å². The van der Waals surface area contributed by atoms with E-state index in [0.29, 0.717) is 0 Å². The van der Waals surface area contributed by atoms with Crippen LogP contribution in [0.3, 0.4) is 0 Å². The zero-order valence-electron chi connectivity index (χ0n) is 14.9. The number of nitro groups is 1. The number of aromatic carboxylic acids is 1. The number of carboxylic acids is 1. The van der Waals surface area contributed by atoms with Gasteiger partial charge in [0.05, 0.1) is 5.56 Å². The molecule has 30 heavy (non-hydrogen) atoms. The first kappa shape index (κ1) is 21.8. The van der Waals surface area contributed by atoms with E-state index < -0.39 is 40.0 Å². The van der Waals surface area contributed by atoms with E-state index in [2.05, 4.69) is 5.16 Å². The second-order valence-corrected chi connectivity index (χ2v) is 7.35. The zero-order valence-corrected chi connectivity index (χ0v) is 16.4. The number of halogens is 5. The molecule has 0 spiro atoms. The number of carbonyl (C=O) groups is 1. The van der Waals surface area contributed by atoms with Crippen molar-refractivity contribution in [1.82, 2.24) is 0 Å². The molecule has 7 nitrogen and oxygen atoms in total. The van der Waals surface area contributed by atoms with E-state index in [9.17, 15) is 28.1 Å². The lowest BCUT2D eigenvalue weighted by molar-refractivity contribution is -0.540. The first-order chi connectivity index (χ1) is 13.9. The molecule has 3 rings (SSSR count). The highest BCUT2D eigenvalue weighted by Crippen LogP contribution is 2.50. The molecule has 0 amide bonds. The summed E-state index contributed by atoms with van der Waals surface area (Å²) in [6, 6.07) is 3.86. The van der Waals surface area contributed by atoms with Gasteiger partial charge in [0.2, 0.25) is 0 Å². The van der Waals surface area contributed by atoms with Crippen molar-refractivity contribution in [2.24, 2.45) is 5.16 Å². The summed E-state index contributed by atoms with van der Waals surface area (Å²) in [6.45, 7) is 1.40. The fourth-order valence-corrected chi connectivity index (χ4v) is 3.81. The second kappa shape index (κ2) is 7.44. The first-order valence-corrected chi connectivity index (χ1v) is 8.91. The standard InChI is InChI=1S/C18H11Cl2F3N2O5/c1-8-4-9(2-3-13(8)16(26)27)14-15(25(28)29)17(30-24-14,18(21,22)23)10-5-11(19)7-12(20)6-10/h2-7,15H,1H3,(H,26,27). The molecule has 2 atom stereocenters. The topological polar surface area (TPSA) is 102 Å². The number of hydrogen-bond acceptors (Lipinski definition) is 5. The Morgan fingerprint density at radius 1 is 1.23 bits per heavy atom. The Bertz CT molecular complexity index is 1070. The molecular formula is C18H11Cl2F3N2O5. The van der Waals surface area contributed by atoms with Crippen LogP contribution in [0.5, 0.6) is 0 Å². The molecule has 1 aliphatic heterocycles. The molecule has 2 aromatic rings. The number of rotatable bonds is 4. The number of benzene rings is 2. The smallest absolute Gasteiger partial charge is 0.443 e. The maximum absolute atomic E-state index is 14.2. The fourth-order valence-electron chi connectivity index (χ4n) is 3.28. The van der Waals surface area contributed by atoms with Crippen LogP contribution < -0.4 is 0 Å². The summed E-state index contributed by atoms with van der Waals surface area (Å²) in [4.78, 5) is 26.6. The quantitative estimate of drug-likeness (QED) is 0.517. The average Bonchev–Trinajstić information content (AvgIpc) is 3.02. The molecule has 0 aromatic heterocycles. The van der Waals surface area contributed by atoms with Crippen LogP contribution in [0.25, 0.3) is 0 Å². The van der Waals surface area contributed by atoms with Crippen molar-refractivity contribution in [2.75, 3.05) is 0 Å². The van der Waals surface area contributed by atoms with Gasteiger partial charge in [-0.05, 0) is 42.8 Å². The molecule has 0 aliphatic carbocycles. The molecule has 0 saturated carbocycles. The number of nitrogens with zero attached hydrogens (tertiary/aromatic N) is 2. The minimum Gasteiger partial charge on any atom is -0.478 e. The molecule has 158 valence electrons. The lowest BCUT2D eigenvalue weighted by Gasteiger charge is -2.30. The van der Waals surface area contributed by atoms with E-state index in [0.717, 1.165) is 24.3 Å². The van der Waals surface area contributed by atoms with Crippen LogP contribution in [0.2, 0.25) is 10.0 Å². The summed E-state index contributed by atoms with van der Waals surface area (Å²) in [5, 5.41) is 24.0. The van der Waals surface area contributed by atoms with E-state index in [4.69, 9.17) is 33.1 Å². The van der Waals surface area contributed by atoms with Crippen LogP contribution in [0.1, 0.15) is 27.0 Å². The Labute approximate surface area is 176 Å². The number of oxime groups is 1. The molecule has 0 bridgehead atoms. The first-order valence-electron chi connectivity index (χ1n) is 8.15. The van der Waals surface area contributed by atoms with Crippen molar-refractivity contribution in [3.05, 3.63) is 78.8 Å². The molecule has 2 aromatic carbocycles. The highest BCUT2D eigenvalue weighted by molar-refractivity contribution is 6.34. The second-order valence-electron chi connectivity index (χ2n) is 6.48. The Hall–Kier alpha value is -2.85. The number of hydrogen-bond donors (Lipinski definition) is 1. The predicted octanol–water partition coefficient (Wildman–Crippen LogP) is 4.84. The van der Waals surface area contributed by atoms with Gasteiger partial charge in [0.15, 0.2) is 5.71 Å². The van der Waals surface area contributed by atoms with Gasteiger partial charge in [-0.3, -0.25) is 10.1 Å². The summed E-state index contributed by atoms with van der Waals surface area (Å²) < 4.78 is 42.7.